The van der Waals surface area contributed by atoms with Crippen molar-refractivity contribution in [1.82, 2.24) is 5.32 Å². The molecule has 0 saturated heterocycles. The Kier molecular flexibility index (Phi) is 2.57. The molecule has 0 atom stereocenters. The highest BCUT2D eigenvalue weighted by Gasteiger charge is 2.28. The Labute approximate surface area is 71.6 Å². The predicted octanol–water partition coefficient (Wildman–Crippen LogP) is 0.948. The monoisotopic (exact) mass is 173 g/mol. The van der Waals surface area contributed by atoms with Gasteiger partial charge in [-0.25, -0.2) is 4.79 Å². The van der Waals surface area contributed by atoms with E-state index in [-0.39, 0.29) is 6.04 Å². The molecule has 0 aromatic rings. The van der Waals surface area contributed by atoms with Gasteiger partial charge in [-0.1, -0.05) is 0 Å². The predicted molar refractivity (Wildman–Crippen MR) is 44.0 cm³/mol. The molecule has 0 aromatic heterocycles. The van der Waals surface area contributed by atoms with E-state index in [1.54, 1.807) is 6.92 Å². The van der Waals surface area contributed by atoms with Gasteiger partial charge in [0.25, 0.3) is 0 Å². The molecule has 12 heavy (non-hydrogen) atoms. The SMILES string of the molecule is C[C@]1(O)CC[C@@H](NC(=O)O)CC1. The zero-order valence-electron chi connectivity index (χ0n) is 7.21. The molecule has 0 spiro atoms. The molecule has 0 aromatic carbocycles. The van der Waals surface area contributed by atoms with Crippen molar-refractivity contribution in [2.24, 2.45) is 0 Å². The Morgan fingerprint density at radius 1 is 1.50 bits per heavy atom. The molecule has 0 bridgehead atoms. The molecule has 1 aliphatic rings. The molecule has 1 saturated carbocycles. The molecule has 3 N–H and O–H groups in total. The summed E-state index contributed by atoms with van der Waals surface area (Å²) in [6, 6.07) is 0.0303. The lowest BCUT2D eigenvalue weighted by molar-refractivity contribution is 0.0144. The molecule has 0 radical (unpaired) electrons. The summed E-state index contributed by atoms with van der Waals surface area (Å²) < 4.78 is 0. The van der Waals surface area contributed by atoms with E-state index in [1.165, 1.54) is 0 Å². The number of amides is 1. The minimum Gasteiger partial charge on any atom is -0.465 e. The molecule has 0 aliphatic heterocycles. The number of aliphatic hydroxyl groups is 1. The largest absolute Gasteiger partial charge is 0.465 e. The lowest BCUT2D eigenvalue weighted by atomic mass is 9.84. The van der Waals surface area contributed by atoms with E-state index in [2.05, 4.69) is 5.32 Å². The van der Waals surface area contributed by atoms with Gasteiger partial charge in [-0.05, 0) is 32.6 Å². The Hall–Kier alpha value is -0.770. The number of hydrogen-bond donors (Lipinski definition) is 3. The van der Waals surface area contributed by atoms with Crippen molar-refractivity contribution in [2.45, 2.75) is 44.2 Å². The summed E-state index contributed by atoms with van der Waals surface area (Å²) in [5, 5.41) is 20.4. The fourth-order valence-corrected chi connectivity index (χ4v) is 1.56. The molecule has 0 unspecified atom stereocenters. The molecule has 4 heteroatoms. The van der Waals surface area contributed by atoms with Crippen molar-refractivity contribution in [3.05, 3.63) is 0 Å². The van der Waals surface area contributed by atoms with Gasteiger partial charge in [-0.2, -0.15) is 0 Å². The van der Waals surface area contributed by atoms with Crippen LogP contribution in [-0.2, 0) is 0 Å². The standard InChI is InChI=1S/C8H15NO3/c1-8(12)4-2-6(3-5-8)9-7(10)11/h6,9,12H,2-5H2,1H3,(H,10,11)/t6-,8+. The van der Waals surface area contributed by atoms with Crippen molar-refractivity contribution < 1.29 is 15.0 Å². The Balaban J connectivity index is 2.31. The molecule has 1 rings (SSSR count). The summed E-state index contributed by atoms with van der Waals surface area (Å²) in [7, 11) is 0. The zero-order valence-corrected chi connectivity index (χ0v) is 7.21. The second-order valence-electron chi connectivity index (χ2n) is 3.72. The topological polar surface area (TPSA) is 69.6 Å². The number of hydrogen-bond acceptors (Lipinski definition) is 2. The summed E-state index contributed by atoms with van der Waals surface area (Å²) in [6.07, 6.45) is 1.86. The van der Waals surface area contributed by atoms with E-state index >= 15 is 0 Å². The lowest BCUT2D eigenvalue weighted by Crippen LogP contribution is -2.41. The third-order valence-corrected chi connectivity index (χ3v) is 2.39. The van der Waals surface area contributed by atoms with E-state index in [4.69, 9.17) is 5.11 Å². The van der Waals surface area contributed by atoms with Gasteiger partial charge in [0.2, 0.25) is 0 Å². The molecular formula is C8H15NO3. The number of carbonyl (C=O) groups is 1. The first kappa shape index (κ1) is 9.32. The highest BCUT2D eigenvalue weighted by atomic mass is 16.4. The fourth-order valence-electron chi connectivity index (χ4n) is 1.56. The maximum absolute atomic E-state index is 10.3. The Morgan fingerprint density at radius 3 is 2.42 bits per heavy atom. The minimum absolute atomic E-state index is 0.0303. The van der Waals surface area contributed by atoms with Gasteiger partial charge >= 0.3 is 6.09 Å². The van der Waals surface area contributed by atoms with Crippen molar-refractivity contribution in [3.63, 3.8) is 0 Å². The van der Waals surface area contributed by atoms with Gasteiger partial charge in [-0.3, -0.25) is 0 Å². The summed E-state index contributed by atoms with van der Waals surface area (Å²) >= 11 is 0. The van der Waals surface area contributed by atoms with Crippen LogP contribution in [0.5, 0.6) is 0 Å². The van der Waals surface area contributed by atoms with Gasteiger partial charge in [-0.15, -0.1) is 0 Å². The molecule has 1 amide bonds. The van der Waals surface area contributed by atoms with Crippen molar-refractivity contribution in [3.8, 4) is 0 Å². The smallest absolute Gasteiger partial charge is 0.404 e. The normalized spacial score (nSPS) is 36.0. The summed E-state index contributed by atoms with van der Waals surface area (Å²) in [5.74, 6) is 0. The summed E-state index contributed by atoms with van der Waals surface area (Å²) in [4.78, 5) is 10.3. The maximum Gasteiger partial charge on any atom is 0.404 e. The van der Waals surface area contributed by atoms with E-state index in [9.17, 15) is 9.90 Å². The number of carboxylic acid groups (broad SMARTS) is 1. The second kappa shape index (κ2) is 3.31. The van der Waals surface area contributed by atoms with Crippen molar-refractivity contribution >= 4 is 6.09 Å². The van der Waals surface area contributed by atoms with Crippen molar-refractivity contribution in [2.75, 3.05) is 0 Å². The van der Waals surface area contributed by atoms with Gasteiger partial charge < -0.3 is 15.5 Å². The number of rotatable bonds is 1. The van der Waals surface area contributed by atoms with E-state index < -0.39 is 11.7 Å². The van der Waals surface area contributed by atoms with Crippen molar-refractivity contribution in [1.29, 1.82) is 0 Å². The average Bonchev–Trinajstić information content (AvgIpc) is 1.93. The van der Waals surface area contributed by atoms with Crippen LogP contribution in [0.2, 0.25) is 0 Å². The number of nitrogens with one attached hydrogen (secondary N) is 1. The van der Waals surface area contributed by atoms with E-state index in [0.717, 1.165) is 12.8 Å². The van der Waals surface area contributed by atoms with Crippen LogP contribution in [0.15, 0.2) is 0 Å². The van der Waals surface area contributed by atoms with Crippen LogP contribution in [-0.4, -0.2) is 27.9 Å². The lowest BCUT2D eigenvalue weighted by Gasteiger charge is -2.32. The quantitative estimate of drug-likeness (QED) is 0.553. The van der Waals surface area contributed by atoms with Crippen LogP contribution in [0.1, 0.15) is 32.6 Å². The molecule has 4 nitrogen and oxygen atoms in total. The summed E-state index contributed by atoms with van der Waals surface area (Å²) in [6.45, 7) is 1.80. The molecule has 1 aliphatic carbocycles. The molecule has 0 heterocycles. The van der Waals surface area contributed by atoms with E-state index in [1.807, 2.05) is 0 Å². The van der Waals surface area contributed by atoms with Crippen LogP contribution in [0.25, 0.3) is 0 Å². The van der Waals surface area contributed by atoms with Gasteiger partial charge in [0.15, 0.2) is 0 Å². The minimum atomic E-state index is -0.971. The van der Waals surface area contributed by atoms with Gasteiger partial charge in [0.1, 0.15) is 0 Å². The van der Waals surface area contributed by atoms with E-state index in [0.29, 0.717) is 12.8 Å². The van der Waals surface area contributed by atoms with Crippen LogP contribution in [0.3, 0.4) is 0 Å². The maximum atomic E-state index is 10.3. The third kappa shape index (κ3) is 2.70. The highest BCUT2D eigenvalue weighted by molar-refractivity contribution is 5.64. The average molecular weight is 173 g/mol. The molecule has 1 fully saturated rings. The first-order chi connectivity index (χ1) is 5.49. The Morgan fingerprint density at radius 2 is 2.00 bits per heavy atom. The van der Waals surface area contributed by atoms with Gasteiger partial charge in [0, 0.05) is 6.04 Å². The van der Waals surface area contributed by atoms with Crippen LogP contribution in [0.4, 0.5) is 4.79 Å². The Bertz CT molecular complexity index is 169. The van der Waals surface area contributed by atoms with Crippen LogP contribution >= 0.6 is 0 Å². The first-order valence-corrected chi connectivity index (χ1v) is 4.21. The van der Waals surface area contributed by atoms with Gasteiger partial charge in [0.05, 0.1) is 5.60 Å². The third-order valence-electron chi connectivity index (χ3n) is 2.39. The first-order valence-electron chi connectivity index (χ1n) is 4.21. The molecule has 70 valence electrons. The second-order valence-corrected chi connectivity index (χ2v) is 3.72. The van der Waals surface area contributed by atoms with Crippen LogP contribution < -0.4 is 5.32 Å². The summed E-state index contributed by atoms with van der Waals surface area (Å²) in [5.41, 5.74) is -0.587. The fraction of sp³-hybridized carbons (Fsp3) is 0.875. The zero-order chi connectivity index (χ0) is 9.19. The highest BCUT2D eigenvalue weighted by Crippen LogP contribution is 2.27. The van der Waals surface area contributed by atoms with Crippen LogP contribution in [0, 0.1) is 0 Å². The molecular weight excluding hydrogens is 158 g/mol.